The predicted octanol–water partition coefficient (Wildman–Crippen LogP) is 1.99. The summed E-state index contributed by atoms with van der Waals surface area (Å²) in [6.07, 6.45) is 1.77. The number of carbonyl (C=O) groups is 1. The lowest BCUT2D eigenvalue weighted by atomic mass is 10.0. The lowest BCUT2D eigenvalue weighted by Crippen LogP contribution is -2.19. The third kappa shape index (κ3) is 3.42. The highest BCUT2D eigenvalue weighted by Gasteiger charge is 2.15. The standard InChI is InChI=1S/C12H13N3OS/c1-9(10-5-3-2-4-6-10)7-13-15-12-14-11(16)8-17-12/h2-7,9H,8H2,1H3,(H,14,15,16)/b13-7+. The zero-order valence-electron chi connectivity index (χ0n) is 9.46. The normalized spacial score (nSPS) is 19.8. The van der Waals surface area contributed by atoms with Crippen LogP contribution < -0.4 is 5.32 Å². The third-order valence-corrected chi connectivity index (χ3v) is 3.21. The SMILES string of the molecule is CC(/C=N/N=C1/NC(=O)CS1)c1ccccc1. The molecule has 1 saturated heterocycles. The van der Waals surface area contributed by atoms with Gasteiger partial charge in [0.1, 0.15) is 0 Å². The molecule has 1 fully saturated rings. The molecule has 1 heterocycles. The Morgan fingerprint density at radius 2 is 2.18 bits per heavy atom. The molecule has 88 valence electrons. The van der Waals surface area contributed by atoms with Gasteiger partial charge in [-0.05, 0) is 5.56 Å². The minimum atomic E-state index is -0.0138. The van der Waals surface area contributed by atoms with E-state index in [1.54, 1.807) is 6.21 Å². The fourth-order valence-corrected chi connectivity index (χ4v) is 2.04. The predicted molar refractivity (Wildman–Crippen MR) is 71.4 cm³/mol. The van der Waals surface area contributed by atoms with Crippen LogP contribution in [-0.2, 0) is 4.79 Å². The summed E-state index contributed by atoms with van der Waals surface area (Å²) in [6, 6.07) is 10.1. The maximum absolute atomic E-state index is 10.9. The Hall–Kier alpha value is -1.62. The summed E-state index contributed by atoms with van der Waals surface area (Å²) in [7, 11) is 0. The molecule has 0 bridgehead atoms. The second-order valence-corrected chi connectivity index (χ2v) is 4.67. The van der Waals surface area contributed by atoms with Crippen molar-refractivity contribution in [1.82, 2.24) is 5.32 Å². The minimum Gasteiger partial charge on any atom is -0.303 e. The second-order valence-electron chi connectivity index (χ2n) is 3.71. The number of rotatable bonds is 3. The van der Waals surface area contributed by atoms with Crippen LogP contribution in [0, 0.1) is 0 Å². The zero-order chi connectivity index (χ0) is 12.1. The molecule has 1 aromatic carbocycles. The van der Waals surface area contributed by atoms with E-state index in [0.717, 1.165) is 0 Å². The minimum absolute atomic E-state index is 0.0138. The van der Waals surface area contributed by atoms with Crippen molar-refractivity contribution in [3.63, 3.8) is 0 Å². The molecule has 1 unspecified atom stereocenters. The largest absolute Gasteiger partial charge is 0.303 e. The molecule has 0 aliphatic carbocycles. The van der Waals surface area contributed by atoms with E-state index in [1.807, 2.05) is 18.2 Å². The van der Waals surface area contributed by atoms with E-state index < -0.39 is 0 Å². The highest BCUT2D eigenvalue weighted by molar-refractivity contribution is 8.15. The van der Waals surface area contributed by atoms with Gasteiger partial charge in [0.2, 0.25) is 5.91 Å². The number of hydrogen-bond acceptors (Lipinski definition) is 4. The number of benzene rings is 1. The van der Waals surface area contributed by atoms with Crippen LogP contribution in [0.2, 0.25) is 0 Å². The molecule has 1 aliphatic rings. The number of nitrogens with one attached hydrogen (secondary N) is 1. The van der Waals surface area contributed by atoms with E-state index >= 15 is 0 Å². The lowest BCUT2D eigenvalue weighted by Gasteiger charge is -2.03. The molecule has 0 saturated carbocycles. The van der Waals surface area contributed by atoms with Gasteiger partial charge in [0.05, 0.1) is 5.75 Å². The first-order valence-corrected chi connectivity index (χ1v) is 6.33. The van der Waals surface area contributed by atoms with Gasteiger partial charge in [-0.1, -0.05) is 49.0 Å². The van der Waals surface area contributed by atoms with E-state index in [4.69, 9.17) is 0 Å². The summed E-state index contributed by atoms with van der Waals surface area (Å²) in [5.41, 5.74) is 1.19. The van der Waals surface area contributed by atoms with E-state index in [9.17, 15) is 4.79 Å². The Morgan fingerprint density at radius 3 is 2.82 bits per heavy atom. The van der Waals surface area contributed by atoms with Crippen LogP contribution >= 0.6 is 11.8 Å². The summed E-state index contributed by atoms with van der Waals surface area (Å²) in [5.74, 6) is 0.630. The number of carbonyl (C=O) groups excluding carboxylic acids is 1. The molecule has 0 spiro atoms. The first kappa shape index (κ1) is 11.9. The molecule has 1 aliphatic heterocycles. The summed E-state index contributed by atoms with van der Waals surface area (Å²) in [5, 5.41) is 11.2. The van der Waals surface area contributed by atoms with Crippen molar-refractivity contribution >= 4 is 29.1 Å². The van der Waals surface area contributed by atoms with Crippen molar-refractivity contribution in [3.8, 4) is 0 Å². The van der Waals surface area contributed by atoms with Gasteiger partial charge in [-0.15, -0.1) is 5.10 Å². The van der Waals surface area contributed by atoms with Gasteiger partial charge in [-0.3, -0.25) is 4.79 Å². The Balaban J connectivity index is 1.95. The first-order chi connectivity index (χ1) is 8.25. The fraction of sp³-hybridized carbons (Fsp3) is 0.250. The average Bonchev–Trinajstić information content (AvgIpc) is 2.76. The number of hydrogen-bond donors (Lipinski definition) is 1. The molecular formula is C12H13N3OS. The van der Waals surface area contributed by atoms with Crippen LogP contribution in [-0.4, -0.2) is 23.0 Å². The Bertz CT molecular complexity index is 456. The Kier molecular flexibility index (Phi) is 3.93. The molecule has 5 heteroatoms. The second kappa shape index (κ2) is 5.63. The first-order valence-electron chi connectivity index (χ1n) is 5.34. The van der Waals surface area contributed by atoms with Crippen LogP contribution in [0.5, 0.6) is 0 Å². The van der Waals surface area contributed by atoms with Crippen molar-refractivity contribution in [2.45, 2.75) is 12.8 Å². The summed E-state index contributed by atoms with van der Waals surface area (Å²) >= 11 is 1.37. The van der Waals surface area contributed by atoms with Crippen LogP contribution in [0.3, 0.4) is 0 Å². The van der Waals surface area contributed by atoms with Gasteiger partial charge < -0.3 is 5.32 Å². The Morgan fingerprint density at radius 1 is 1.41 bits per heavy atom. The fourth-order valence-electron chi connectivity index (χ4n) is 1.41. The van der Waals surface area contributed by atoms with Crippen molar-refractivity contribution in [3.05, 3.63) is 35.9 Å². The third-order valence-electron chi connectivity index (χ3n) is 2.35. The topological polar surface area (TPSA) is 53.8 Å². The van der Waals surface area contributed by atoms with Gasteiger partial charge >= 0.3 is 0 Å². The maximum Gasteiger partial charge on any atom is 0.236 e. The Labute approximate surface area is 104 Å². The van der Waals surface area contributed by atoms with Gasteiger partial charge in [0, 0.05) is 12.1 Å². The van der Waals surface area contributed by atoms with Crippen molar-refractivity contribution in [2.75, 3.05) is 5.75 Å². The number of nitrogens with zero attached hydrogens (tertiary/aromatic N) is 2. The lowest BCUT2D eigenvalue weighted by molar-refractivity contribution is -0.116. The maximum atomic E-state index is 10.9. The molecule has 2 rings (SSSR count). The van der Waals surface area contributed by atoms with Gasteiger partial charge in [-0.2, -0.15) is 5.10 Å². The van der Waals surface area contributed by atoms with Gasteiger partial charge in [0.15, 0.2) is 5.17 Å². The van der Waals surface area contributed by atoms with E-state index in [-0.39, 0.29) is 11.8 Å². The van der Waals surface area contributed by atoms with Gasteiger partial charge in [-0.25, -0.2) is 0 Å². The van der Waals surface area contributed by atoms with Crippen LogP contribution in [0.4, 0.5) is 0 Å². The highest BCUT2D eigenvalue weighted by atomic mass is 32.2. The molecular weight excluding hydrogens is 234 g/mol. The summed E-state index contributed by atoms with van der Waals surface area (Å²) in [6.45, 7) is 2.05. The molecule has 1 N–H and O–H groups in total. The number of amidine groups is 1. The molecule has 0 radical (unpaired) electrons. The van der Waals surface area contributed by atoms with Crippen molar-refractivity contribution < 1.29 is 4.79 Å². The molecule has 1 amide bonds. The van der Waals surface area contributed by atoms with Gasteiger partial charge in [0.25, 0.3) is 0 Å². The molecule has 1 aromatic rings. The van der Waals surface area contributed by atoms with Crippen molar-refractivity contribution in [2.24, 2.45) is 10.2 Å². The van der Waals surface area contributed by atoms with E-state index in [2.05, 4.69) is 34.6 Å². The van der Waals surface area contributed by atoms with Crippen LogP contribution in [0.15, 0.2) is 40.5 Å². The zero-order valence-corrected chi connectivity index (χ0v) is 10.3. The van der Waals surface area contributed by atoms with Crippen LogP contribution in [0.1, 0.15) is 18.4 Å². The van der Waals surface area contributed by atoms with E-state index in [0.29, 0.717) is 10.9 Å². The summed E-state index contributed by atoms with van der Waals surface area (Å²) in [4.78, 5) is 10.9. The molecule has 17 heavy (non-hydrogen) atoms. The number of amides is 1. The quantitative estimate of drug-likeness (QED) is 0.656. The van der Waals surface area contributed by atoms with Crippen molar-refractivity contribution in [1.29, 1.82) is 0 Å². The smallest absolute Gasteiger partial charge is 0.236 e. The van der Waals surface area contributed by atoms with Crippen LogP contribution in [0.25, 0.3) is 0 Å². The summed E-state index contributed by atoms with van der Waals surface area (Å²) < 4.78 is 0. The number of thioether (sulfide) groups is 1. The molecule has 0 aromatic heterocycles. The van der Waals surface area contributed by atoms with E-state index in [1.165, 1.54) is 17.3 Å². The highest BCUT2D eigenvalue weighted by Crippen LogP contribution is 2.12. The molecule has 1 atom stereocenters. The average molecular weight is 247 g/mol. The monoisotopic (exact) mass is 247 g/mol. The molecule has 4 nitrogen and oxygen atoms in total.